The van der Waals surface area contributed by atoms with Gasteiger partial charge < -0.3 is 30.3 Å². The fourth-order valence-corrected chi connectivity index (χ4v) is 3.49. The van der Waals surface area contributed by atoms with Crippen molar-refractivity contribution in [1.82, 2.24) is 0 Å². The zero-order valence-electron chi connectivity index (χ0n) is 14.6. The average Bonchev–Trinajstić information content (AvgIpc) is 2.68. The molecule has 6 nitrogen and oxygen atoms in total. The van der Waals surface area contributed by atoms with Crippen molar-refractivity contribution in [3.63, 3.8) is 0 Å². The first-order chi connectivity index (χ1) is 12.9. The van der Waals surface area contributed by atoms with Gasteiger partial charge >= 0.3 is 0 Å². The van der Waals surface area contributed by atoms with Crippen LogP contribution in [0, 0.1) is 0 Å². The Labute approximate surface area is 162 Å². The van der Waals surface area contributed by atoms with E-state index in [9.17, 15) is 25.5 Å². The summed E-state index contributed by atoms with van der Waals surface area (Å²) >= 11 is 5.91. The van der Waals surface area contributed by atoms with E-state index < -0.39 is 37.1 Å². The molecule has 146 valence electrons. The maximum atomic E-state index is 10.4. The van der Waals surface area contributed by atoms with Crippen molar-refractivity contribution in [3.05, 3.63) is 69.7 Å². The van der Waals surface area contributed by atoms with Crippen LogP contribution in [-0.2, 0) is 17.8 Å². The molecule has 1 aliphatic heterocycles. The summed E-state index contributed by atoms with van der Waals surface area (Å²) in [5, 5.41) is 50.1. The van der Waals surface area contributed by atoms with Crippen molar-refractivity contribution in [2.45, 2.75) is 43.5 Å². The van der Waals surface area contributed by atoms with E-state index in [0.29, 0.717) is 22.6 Å². The SMILES string of the molecule is OCc1ccc(Cc2ccc(Cl)cc2)cc1[C@@H]1O[C@H](CO)[C@@H](O)[C@H](O)[C@H]1O. The highest BCUT2D eigenvalue weighted by atomic mass is 35.5. The van der Waals surface area contributed by atoms with Gasteiger partial charge in [0.05, 0.1) is 13.2 Å². The molecule has 1 aliphatic rings. The molecule has 0 aliphatic carbocycles. The van der Waals surface area contributed by atoms with E-state index in [2.05, 4.69) is 0 Å². The van der Waals surface area contributed by atoms with Crippen molar-refractivity contribution < 1.29 is 30.3 Å². The van der Waals surface area contributed by atoms with Gasteiger partial charge in [0.1, 0.15) is 30.5 Å². The topological polar surface area (TPSA) is 110 Å². The molecule has 27 heavy (non-hydrogen) atoms. The monoisotopic (exact) mass is 394 g/mol. The zero-order valence-corrected chi connectivity index (χ0v) is 15.3. The van der Waals surface area contributed by atoms with E-state index in [1.807, 2.05) is 18.2 Å². The van der Waals surface area contributed by atoms with Gasteiger partial charge in [0, 0.05) is 5.02 Å². The molecular weight excluding hydrogens is 372 g/mol. The summed E-state index contributed by atoms with van der Waals surface area (Å²) in [6.45, 7) is -0.772. The largest absolute Gasteiger partial charge is 0.394 e. The van der Waals surface area contributed by atoms with Crippen LogP contribution in [0.4, 0.5) is 0 Å². The lowest BCUT2D eigenvalue weighted by molar-refractivity contribution is -0.232. The van der Waals surface area contributed by atoms with Gasteiger partial charge in [0.2, 0.25) is 0 Å². The number of halogens is 1. The number of rotatable bonds is 5. The lowest BCUT2D eigenvalue weighted by Crippen LogP contribution is -2.55. The second-order valence-electron chi connectivity index (χ2n) is 6.74. The number of aliphatic hydroxyl groups is 5. The standard InChI is InChI=1S/C20H23ClO6/c21-14-5-2-11(3-6-14)7-12-1-4-13(9-22)15(8-12)20-19(26)18(25)17(24)16(10-23)27-20/h1-6,8,16-20,22-26H,7,9-10H2/t16-,17-,18+,19-,20+/m1/s1. The normalized spacial score (nSPS) is 28.3. The Bertz CT molecular complexity index is 764. The number of hydrogen-bond donors (Lipinski definition) is 5. The third-order valence-electron chi connectivity index (χ3n) is 4.90. The first-order valence-electron chi connectivity index (χ1n) is 8.72. The fourth-order valence-electron chi connectivity index (χ4n) is 3.36. The van der Waals surface area contributed by atoms with Crippen LogP contribution in [-0.4, -0.2) is 56.6 Å². The van der Waals surface area contributed by atoms with Crippen molar-refractivity contribution in [3.8, 4) is 0 Å². The summed E-state index contributed by atoms with van der Waals surface area (Å²) in [6.07, 6.45) is -5.65. The molecule has 2 aromatic carbocycles. The van der Waals surface area contributed by atoms with Gasteiger partial charge in [-0.05, 0) is 40.8 Å². The van der Waals surface area contributed by atoms with Crippen LogP contribution in [0.5, 0.6) is 0 Å². The van der Waals surface area contributed by atoms with Gasteiger partial charge in [-0.2, -0.15) is 0 Å². The molecule has 0 bridgehead atoms. The van der Waals surface area contributed by atoms with Crippen molar-refractivity contribution in [1.29, 1.82) is 0 Å². The molecule has 0 radical (unpaired) electrons. The predicted molar refractivity (Wildman–Crippen MR) is 99.3 cm³/mol. The molecule has 3 rings (SSSR count). The van der Waals surface area contributed by atoms with Crippen LogP contribution in [0.3, 0.4) is 0 Å². The summed E-state index contributed by atoms with van der Waals surface area (Å²) < 4.78 is 5.64. The highest BCUT2D eigenvalue weighted by molar-refractivity contribution is 6.30. The van der Waals surface area contributed by atoms with Gasteiger partial charge in [0.15, 0.2) is 0 Å². The van der Waals surface area contributed by atoms with Crippen LogP contribution in [0.2, 0.25) is 5.02 Å². The van der Waals surface area contributed by atoms with Crippen LogP contribution in [0.25, 0.3) is 0 Å². The molecular formula is C20H23ClO6. The van der Waals surface area contributed by atoms with Crippen LogP contribution in [0.1, 0.15) is 28.4 Å². The van der Waals surface area contributed by atoms with E-state index in [1.54, 1.807) is 24.3 Å². The molecule has 1 heterocycles. The Morgan fingerprint density at radius 2 is 1.52 bits per heavy atom. The van der Waals surface area contributed by atoms with E-state index in [4.69, 9.17) is 16.3 Å². The van der Waals surface area contributed by atoms with Crippen molar-refractivity contribution >= 4 is 11.6 Å². The van der Waals surface area contributed by atoms with E-state index in [0.717, 1.165) is 11.1 Å². The first kappa shape index (κ1) is 20.2. The van der Waals surface area contributed by atoms with Crippen molar-refractivity contribution in [2.75, 3.05) is 6.61 Å². The molecule has 0 unspecified atom stereocenters. The number of hydrogen-bond acceptors (Lipinski definition) is 6. The summed E-state index contributed by atoms with van der Waals surface area (Å²) in [7, 11) is 0. The molecule has 1 saturated heterocycles. The Hall–Kier alpha value is -1.51. The summed E-state index contributed by atoms with van der Waals surface area (Å²) in [5.74, 6) is 0. The molecule has 0 aromatic heterocycles. The number of ether oxygens (including phenoxy) is 1. The quantitative estimate of drug-likeness (QED) is 0.516. The Morgan fingerprint density at radius 3 is 2.15 bits per heavy atom. The second-order valence-corrected chi connectivity index (χ2v) is 7.18. The molecule has 0 amide bonds. The van der Waals surface area contributed by atoms with Crippen LogP contribution in [0.15, 0.2) is 42.5 Å². The van der Waals surface area contributed by atoms with Crippen molar-refractivity contribution in [2.24, 2.45) is 0 Å². The lowest BCUT2D eigenvalue weighted by atomic mass is 9.88. The van der Waals surface area contributed by atoms with Gasteiger partial charge in [-0.15, -0.1) is 0 Å². The van der Waals surface area contributed by atoms with Crippen LogP contribution >= 0.6 is 11.6 Å². The van der Waals surface area contributed by atoms with E-state index in [-0.39, 0.29) is 6.61 Å². The first-order valence-corrected chi connectivity index (χ1v) is 9.10. The summed E-state index contributed by atoms with van der Waals surface area (Å²) in [4.78, 5) is 0. The zero-order chi connectivity index (χ0) is 19.6. The minimum atomic E-state index is -1.47. The number of aliphatic hydroxyl groups excluding tert-OH is 5. The van der Waals surface area contributed by atoms with Gasteiger partial charge in [0.25, 0.3) is 0 Å². The van der Waals surface area contributed by atoms with Gasteiger partial charge in [-0.3, -0.25) is 0 Å². The number of benzene rings is 2. The lowest BCUT2D eigenvalue weighted by Gasteiger charge is -2.40. The Balaban J connectivity index is 1.92. The van der Waals surface area contributed by atoms with Crippen LogP contribution < -0.4 is 0 Å². The van der Waals surface area contributed by atoms with E-state index in [1.165, 1.54) is 0 Å². The second kappa shape index (κ2) is 8.67. The average molecular weight is 395 g/mol. The molecule has 0 spiro atoms. The molecule has 5 N–H and O–H groups in total. The predicted octanol–water partition coefficient (Wildman–Crippen LogP) is 0.938. The highest BCUT2D eigenvalue weighted by Crippen LogP contribution is 2.35. The maximum absolute atomic E-state index is 10.4. The van der Waals surface area contributed by atoms with Gasteiger partial charge in [-0.1, -0.05) is 41.9 Å². The third-order valence-corrected chi connectivity index (χ3v) is 5.15. The van der Waals surface area contributed by atoms with Gasteiger partial charge in [-0.25, -0.2) is 0 Å². The minimum Gasteiger partial charge on any atom is -0.394 e. The minimum absolute atomic E-state index is 0.272. The molecule has 0 saturated carbocycles. The molecule has 2 aromatic rings. The fraction of sp³-hybridized carbons (Fsp3) is 0.400. The molecule has 5 atom stereocenters. The Morgan fingerprint density at radius 1 is 0.852 bits per heavy atom. The highest BCUT2D eigenvalue weighted by Gasteiger charge is 2.44. The molecule has 7 heteroatoms. The summed E-state index contributed by atoms with van der Waals surface area (Å²) in [6, 6.07) is 12.8. The summed E-state index contributed by atoms with van der Waals surface area (Å²) in [5.41, 5.74) is 3.01. The van der Waals surface area contributed by atoms with E-state index >= 15 is 0 Å². The molecule has 1 fully saturated rings. The maximum Gasteiger partial charge on any atom is 0.113 e. The smallest absolute Gasteiger partial charge is 0.113 e. The third kappa shape index (κ3) is 4.33. The Kier molecular flexibility index (Phi) is 6.49.